The molecule has 2 heterocycles. The highest BCUT2D eigenvalue weighted by Gasteiger charge is 2.22. The van der Waals surface area contributed by atoms with Gasteiger partial charge in [-0.05, 0) is 78.9 Å². The number of imidazole rings is 2. The second-order valence-electron chi connectivity index (χ2n) is 10.1. The highest BCUT2D eigenvalue weighted by molar-refractivity contribution is 5.99. The second-order valence-corrected chi connectivity index (χ2v) is 10.1. The summed E-state index contributed by atoms with van der Waals surface area (Å²) in [5, 5.41) is 10.3. The summed E-state index contributed by atoms with van der Waals surface area (Å²) in [6.45, 7) is 6.11. The molecule has 0 fully saturated rings. The van der Waals surface area contributed by atoms with Crippen molar-refractivity contribution in [3.63, 3.8) is 0 Å². The average Bonchev–Trinajstić information content (AvgIpc) is 3.45. The van der Waals surface area contributed by atoms with E-state index < -0.39 is 5.97 Å². The van der Waals surface area contributed by atoms with Gasteiger partial charge in [0.05, 0.1) is 33.3 Å². The maximum atomic E-state index is 12.6. The Balaban J connectivity index is 1.59. The maximum absolute atomic E-state index is 12.6. The molecule has 6 aromatic rings. The number of rotatable bonds is 6. The molecule has 0 aliphatic carbocycles. The molecule has 6 rings (SSSR count). The summed E-state index contributed by atoms with van der Waals surface area (Å²) in [5.41, 5.74) is 9.48. The molecular weight excluding hydrogens is 484 g/mol. The first-order valence-electron chi connectivity index (χ1n) is 13.2. The van der Waals surface area contributed by atoms with Crippen molar-refractivity contribution < 1.29 is 9.90 Å². The lowest BCUT2D eigenvalue weighted by Gasteiger charge is -2.17. The molecule has 0 saturated carbocycles. The number of aromatic nitrogens is 4. The van der Waals surface area contributed by atoms with E-state index in [4.69, 9.17) is 9.97 Å². The summed E-state index contributed by atoms with van der Waals surface area (Å²) in [6, 6.07) is 26.1. The van der Waals surface area contributed by atoms with Crippen molar-refractivity contribution in [2.45, 2.75) is 33.6 Å². The molecule has 0 bridgehead atoms. The van der Waals surface area contributed by atoms with Crippen molar-refractivity contribution >= 4 is 28.0 Å². The fourth-order valence-corrected chi connectivity index (χ4v) is 5.56. The molecule has 2 aromatic heterocycles. The van der Waals surface area contributed by atoms with Crippen molar-refractivity contribution in [3.8, 4) is 28.2 Å². The molecule has 0 saturated heterocycles. The number of carboxylic acid groups (broad SMARTS) is 1. The number of carbonyl (C=O) groups is 1. The number of fused-ring (bicyclic) bond motifs is 2. The van der Waals surface area contributed by atoms with E-state index in [1.165, 1.54) is 5.56 Å². The van der Waals surface area contributed by atoms with Crippen LogP contribution in [0.1, 0.15) is 40.7 Å². The third kappa shape index (κ3) is 4.09. The lowest BCUT2D eigenvalue weighted by Crippen LogP contribution is -2.09. The Labute approximate surface area is 227 Å². The van der Waals surface area contributed by atoms with Crippen LogP contribution in [0.25, 0.3) is 50.3 Å². The quantitative estimate of drug-likeness (QED) is 0.250. The number of aromatic carboxylic acids is 1. The van der Waals surface area contributed by atoms with Gasteiger partial charge in [-0.3, -0.25) is 4.57 Å². The average molecular weight is 515 g/mol. The first kappa shape index (κ1) is 24.6. The SMILES string of the molecule is CCCc1nc2ccc(-c3nc4ccc(C)cc4n3C)cc2n1-c1ccc(-c2ccccc2)c(C(=O)O)c1C. The van der Waals surface area contributed by atoms with Gasteiger partial charge in [0.25, 0.3) is 0 Å². The summed E-state index contributed by atoms with van der Waals surface area (Å²) in [5.74, 6) is 0.854. The van der Waals surface area contributed by atoms with E-state index in [1.807, 2.05) is 62.5 Å². The van der Waals surface area contributed by atoms with Gasteiger partial charge in [0.1, 0.15) is 11.6 Å². The minimum absolute atomic E-state index is 0.310. The van der Waals surface area contributed by atoms with Crippen LogP contribution in [-0.4, -0.2) is 30.2 Å². The predicted molar refractivity (Wildman–Crippen MR) is 157 cm³/mol. The van der Waals surface area contributed by atoms with E-state index in [-0.39, 0.29) is 0 Å². The van der Waals surface area contributed by atoms with Gasteiger partial charge in [-0.15, -0.1) is 0 Å². The Hall–Kier alpha value is -4.71. The summed E-state index contributed by atoms with van der Waals surface area (Å²) in [6.07, 6.45) is 1.70. The first-order chi connectivity index (χ1) is 18.9. The normalized spacial score (nSPS) is 11.5. The molecule has 1 N–H and O–H groups in total. The molecule has 0 atom stereocenters. The van der Waals surface area contributed by atoms with Crippen molar-refractivity contribution in [3.05, 3.63) is 101 Å². The van der Waals surface area contributed by atoms with Gasteiger partial charge < -0.3 is 9.67 Å². The topological polar surface area (TPSA) is 72.9 Å². The molecular formula is C33H30N4O2. The Morgan fingerprint density at radius 3 is 2.33 bits per heavy atom. The third-order valence-electron chi connectivity index (χ3n) is 7.47. The highest BCUT2D eigenvalue weighted by atomic mass is 16.4. The lowest BCUT2D eigenvalue weighted by atomic mass is 9.94. The van der Waals surface area contributed by atoms with Crippen LogP contribution in [0, 0.1) is 13.8 Å². The van der Waals surface area contributed by atoms with E-state index in [1.54, 1.807) is 0 Å². The van der Waals surface area contributed by atoms with E-state index in [0.717, 1.165) is 63.4 Å². The van der Waals surface area contributed by atoms with Crippen LogP contribution in [0.3, 0.4) is 0 Å². The van der Waals surface area contributed by atoms with Gasteiger partial charge in [0.15, 0.2) is 0 Å². The van der Waals surface area contributed by atoms with Crippen LogP contribution in [0.5, 0.6) is 0 Å². The summed E-state index contributed by atoms with van der Waals surface area (Å²) in [4.78, 5) is 22.5. The predicted octanol–water partition coefficient (Wildman–Crippen LogP) is 7.51. The van der Waals surface area contributed by atoms with E-state index in [2.05, 4.69) is 53.3 Å². The van der Waals surface area contributed by atoms with E-state index in [0.29, 0.717) is 16.7 Å². The summed E-state index contributed by atoms with van der Waals surface area (Å²) in [7, 11) is 2.04. The number of hydrogen-bond acceptors (Lipinski definition) is 3. The molecule has 0 spiro atoms. The highest BCUT2D eigenvalue weighted by Crippen LogP contribution is 2.34. The van der Waals surface area contributed by atoms with Crippen molar-refractivity contribution in [2.75, 3.05) is 0 Å². The van der Waals surface area contributed by atoms with Crippen LogP contribution in [0.15, 0.2) is 78.9 Å². The van der Waals surface area contributed by atoms with Gasteiger partial charge in [-0.25, -0.2) is 14.8 Å². The minimum Gasteiger partial charge on any atom is -0.478 e. The zero-order chi connectivity index (χ0) is 27.3. The molecule has 0 unspecified atom stereocenters. The fraction of sp³-hybridized carbons (Fsp3) is 0.182. The van der Waals surface area contributed by atoms with Crippen LogP contribution < -0.4 is 0 Å². The Kier molecular flexibility index (Phi) is 6.03. The number of benzene rings is 4. The van der Waals surface area contributed by atoms with Gasteiger partial charge in [-0.1, -0.05) is 49.4 Å². The van der Waals surface area contributed by atoms with E-state index >= 15 is 0 Å². The Morgan fingerprint density at radius 2 is 1.59 bits per heavy atom. The molecule has 0 aliphatic heterocycles. The zero-order valence-corrected chi connectivity index (χ0v) is 22.6. The smallest absolute Gasteiger partial charge is 0.336 e. The van der Waals surface area contributed by atoms with Gasteiger partial charge >= 0.3 is 5.97 Å². The molecule has 6 heteroatoms. The van der Waals surface area contributed by atoms with Crippen molar-refractivity contribution in [1.82, 2.24) is 19.1 Å². The standard InChI is InChI=1S/C33H30N4O2/c1-5-9-30-34-26-16-13-23(32-35-25-15-12-20(2)18-28(25)36(32)4)19-29(26)37(30)27-17-14-24(22-10-7-6-8-11-22)31(21(27)3)33(38)39/h6-8,10-19H,5,9H2,1-4H3,(H,38,39). The first-order valence-corrected chi connectivity index (χ1v) is 13.2. The lowest BCUT2D eigenvalue weighted by molar-refractivity contribution is 0.0697. The van der Waals surface area contributed by atoms with Crippen molar-refractivity contribution in [1.29, 1.82) is 0 Å². The number of hydrogen-bond donors (Lipinski definition) is 1. The molecule has 194 valence electrons. The van der Waals surface area contributed by atoms with Crippen LogP contribution in [-0.2, 0) is 13.5 Å². The van der Waals surface area contributed by atoms with Crippen molar-refractivity contribution in [2.24, 2.45) is 7.05 Å². The van der Waals surface area contributed by atoms with Gasteiger partial charge in [-0.2, -0.15) is 0 Å². The Bertz CT molecular complexity index is 1880. The molecule has 4 aromatic carbocycles. The van der Waals surface area contributed by atoms with Gasteiger partial charge in [0.2, 0.25) is 0 Å². The third-order valence-corrected chi connectivity index (χ3v) is 7.47. The zero-order valence-electron chi connectivity index (χ0n) is 22.6. The van der Waals surface area contributed by atoms with Crippen LogP contribution >= 0.6 is 0 Å². The van der Waals surface area contributed by atoms with Gasteiger partial charge in [0, 0.05) is 19.0 Å². The second kappa shape index (κ2) is 9.55. The number of nitrogens with zero attached hydrogens (tertiary/aromatic N) is 4. The molecule has 6 nitrogen and oxygen atoms in total. The number of aryl methyl sites for hydroxylation is 3. The van der Waals surface area contributed by atoms with E-state index in [9.17, 15) is 9.90 Å². The number of carboxylic acids is 1. The largest absolute Gasteiger partial charge is 0.478 e. The minimum atomic E-state index is -0.939. The summed E-state index contributed by atoms with van der Waals surface area (Å²) < 4.78 is 4.26. The monoisotopic (exact) mass is 514 g/mol. The fourth-order valence-electron chi connectivity index (χ4n) is 5.56. The van der Waals surface area contributed by atoms with Crippen LogP contribution in [0.2, 0.25) is 0 Å². The van der Waals surface area contributed by atoms with Crippen LogP contribution in [0.4, 0.5) is 0 Å². The molecule has 39 heavy (non-hydrogen) atoms. The maximum Gasteiger partial charge on any atom is 0.336 e. The molecule has 0 radical (unpaired) electrons. The molecule has 0 aliphatic rings. The Morgan fingerprint density at radius 1 is 0.846 bits per heavy atom. The molecule has 0 amide bonds. The summed E-state index contributed by atoms with van der Waals surface area (Å²) >= 11 is 0.